The van der Waals surface area contributed by atoms with Gasteiger partial charge in [-0.05, 0) is 25.5 Å². The van der Waals surface area contributed by atoms with Crippen molar-refractivity contribution in [1.29, 1.82) is 0 Å². The molecule has 0 saturated carbocycles. The van der Waals surface area contributed by atoms with Crippen molar-refractivity contribution in [3.05, 3.63) is 30.1 Å². The number of imidazole rings is 1. The molecule has 0 radical (unpaired) electrons. The van der Waals surface area contributed by atoms with Crippen molar-refractivity contribution in [2.75, 3.05) is 0 Å². The van der Waals surface area contributed by atoms with Crippen LogP contribution in [-0.4, -0.2) is 15.6 Å². The molecule has 21 heavy (non-hydrogen) atoms. The fourth-order valence-corrected chi connectivity index (χ4v) is 2.92. The van der Waals surface area contributed by atoms with Crippen molar-refractivity contribution in [3.63, 3.8) is 0 Å². The van der Waals surface area contributed by atoms with Gasteiger partial charge in [-0.2, -0.15) is 0 Å². The fraction of sp³-hybridized carbons (Fsp3) is 0.588. The van der Waals surface area contributed by atoms with Crippen LogP contribution in [0.25, 0.3) is 11.0 Å². The number of aryl methyl sites for hydroxylation is 1. The van der Waals surface area contributed by atoms with Gasteiger partial charge in [-0.3, -0.25) is 11.3 Å². The Balaban J connectivity index is 2.06. The van der Waals surface area contributed by atoms with E-state index < -0.39 is 0 Å². The molecule has 0 aliphatic carbocycles. The number of nitrogens with one attached hydrogen (secondary N) is 1. The van der Waals surface area contributed by atoms with Crippen molar-refractivity contribution in [2.45, 2.75) is 65.0 Å². The van der Waals surface area contributed by atoms with Gasteiger partial charge in [0, 0.05) is 19.0 Å². The van der Waals surface area contributed by atoms with Crippen LogP contribution in [0.1, 0.15) is 51.8 Å². The first kappa shape index (κ1) is 16.0. The molecule has 1 heterocycles. The predicted molar refractivity (Wildman–Crippen MR) is 89.0 cm³/mol. The highest BCUT2D eigenvalue weighted by molar-refractivity contribution is 5.75. The van der Waals surface area contributed by atoms with Gasteiger partial charge in [0.2, 0.25) is 0 Å². The summed E-state index contributed by atoms with van der Waals surface area (Å²) in [7, 11) is 0. The van der Waals surface area contributed by atoms with E-state index >= 15 is 0 Å². The SMILES string of the molecule is CCCCCCC(Cc1nc2ccccc2n1CC)NN. The Labute approximate surface area is 127 Å². The van der Waals surface area contributed by atoms with E-state index in [4.69, 9.17) is 10.8 Å². The number of unbranched alkanes of at least 4 members (excludes halogenated alkanes) is 3. The maximum atomic E-state index is 5.73. The van der Waals surface area contributed by atoms with E-state index in [1.807, 2.05) is 6.07 Å². The van der Waals surface area contributed by atoms with Crippen LogP contribution in [0.15, 0.2) is 24.3 Å². The summed E-state index contributed by atoms with van der Waals surface area (Å²) in [5.74, 6) is 6.87. The van der Waals surface area contributed by atoms with Gasteiger partial charge < -0.3 is 4.57 Å². The first-order chi connectivity index (χ1) is 10.3. The van der Waals surface area contributed by atoms with Crippen LogP contribution >= 0.6 is 0 Å². The standard InChI is InChI=1S/C17H28N4/c1-3-5-6-7-10-14(20-18)13-17-19-15-11-8-9-12-16(15)21(17)4-2/h8-9,11-12,14,20H,3-7,10,13,18H2,1-2H3. The normalized spacial score (nSPS) is 12.9. The Bertz CT molecular complexity index is 547. The average Bonchev–Trinajstić information content (AvgIpc) is 2.87. The number of benzene rings is 1. The van der Waals surface area contributed by atoms with Crippen LogP contribution in [0.4, 0.5) is 0 Å². The van der Waals surface area contributed by atoms with Crippen molar-refractivity contribution >= 4 is 11.0 Å². The number of hydrogen-bond donors (Lipinski definition) is 2. The van der Waals surface area contributed by atoms with Crippen molar-refractivity contribution in [2.24, 2.45) is 5.84 Å². The summed E-state index contributed by atoms with van der Waals surface area (Å²) in [6.07, 6.45) is 7.11. The summed E-state index contributed by atoms with van der Waals surface area (Å²) in [5.41, 5.74) is 5.27. The van der Waals surface area contributed by atoms with E-state index in [0.717, 1.165) is 30.7 Å². The molecular weight excluding hydrogens is 260 g/mol. The Morgan fingerprint density at radius 1 is 1.19 bits per heavy atom. The third-order valence-electron chi connectivity index (χ3n) is 4.12. The average molecular weight is 288 g/mol. The molecule has 1 aromatic heterocycles. The van der Waals surface area contributed by atoms with E-state index in [2.05, 4.69) is 42.0 Å². The molecule has 116 valence electrons. The van der Waals surface area contributed by atoms with Crippen LogP contribution in [0.3, 0.4) is 0 Å². The third kappa shape index (κ3) is 4.05. The van der Waals surface area contributed by atoms with Gasteiger partial charge in [0.05, 0.1) is 11.0 Å². The molecule has 1 unspecified atom stereocenters. The summed E-state index contributed by atoms with van der Waals surface area (Å²) < 4.78 is 2.30. The van der Waals surface area contributed by atoms with E-state index in [1.54, 1.807) is 0 Å². The molecule has 0 fully saturated rings. The maximum Gasteiger partial charge on any atom is 0.111 e. The highest BCUT2D eigenvalue weighted by Gasteiger charge is 2.14. The maximum absolute atomic E-state index is 5.73. The van der Waals surface area contributed by atoms with E-state index in [1.165, 1.54) is 31.2 Å². The number of nitrogens with two attached hydrogens (primary N) is 1. The van der Waals surface area contributed by atoms with Gasteiger partial charge in [-0.1, -0.05) is 44.7 Å². The number of nitrogens with zero attached hydrogens (tertiary/aromatic N) is 2. The van der Waals surface area contributed by atoms with E-state index in [0.29, 0.717) is 6.04 Å². The minimum Gasteiger partial charge on any atom is -0.328 e. The molecule has 1 aromatic carbocycles. The zero-order valence-electron chi connectivity index (χ0n) is 13.3. The molecule has 0 amide bonds. The topological polar surface area (TPSA) is 55.9 Å². The number of aromatic nitrogens is 2. The fourth-order valence-electron chi connectivity index (χ4n) is 2.92. The van der Waals surface area contributed by atoms with Crippen LogP contribution in [-0.2, 0) is 13.0 Å². The minimum absolute atomic E-state index is 0.309. The quantitative estimate of drug-likeness (QED) is 0.422. The van der Waals surface area contributed by atoms with Crippen molar-refractivity contribution < 1.29 is 0 Å². The zero-order valence-corrected chi connectivity index (χ0v) is 13.3. The summed E-state index contributed by atoms with van der Waals surface area (Å²) in [5, 5.41) is 0. The smallest absolute Gasteiger partial charge is 0.111 e. The highest BCUT2D eigenvalue weighted by Crippen LogP contribution is 2.18. The molecule has 0 bridgehead atoms. The van der Waals surface area contributed by atoms with Gasteiger partial charge in [0.1, 0.15) is 5.82 Å². The molecule has 0 aliphatic rings. The summed E-state index contributed by atoms with van der Waals surface area (Å²) in [4.78, 5) is 4.78. The van der Waals surface area contributed by atoms with Crippen LogP contribution < -0.4 is 11.3 Å². The second kappa shape index (κ2) is 8.15. The Morgan fingerprint density at radius 2 is 2.00 bits per heavy atom. The molecule has 3 N–H and O–H groups in total. The molecular formula is C17H28N4. The van der Waals surface area contributed by atoms with Crippen molar-refractivity contribution in [3.8, 4) is 0 Å². The zero-order chi connectivity index (χ0) is 15.1. The van der Waals surface area contributed by atoms with Crippen LogP contribution in [0.2, 0.25) is 0 Å². The van der Waals surface area contributed by atoms with Crippen molar-refractivity contribution in [1.82, 2.24) is 15.0 Å². The van der Waals surface area contributed by atoms with E-state index in [9.17, 15) is 0 Å². The molecule has 4 nitrogen and oxygen atoms in total. The lowest BCUT2D eigenvalue weighted by Crippen LogP contribution is -2.37. The second-order valence-corrected chi connectivity index (χ2v) is 5.68. The Kier molecular flexibility index (Phi) is 6.21. The lowest BCUT2D eigenvalue weighted by molar-refractivity contribution is 0.450. The number of hydrogen-bond acceptors (Lipinski definition) is 3. The number of hydrazine groups is 1. The van der Waals surface area contributed by atoms with Crippen LogP contribution in [0, 0.1) is 0 Å². The molecule has 2 aromatic rings. The lowest BCUT2D eigenvalue weighted by Gasteiger charge is -2.16. The Morgan fingerprint density at radius 3 is 2.71 bits per heavy atom. The van der Waals surface area contributed by atoms with Crippen LogP contribution in [0.5, 0.6) is 0 Å². The molecule has 1 atom stereocenters. The van der Waals surface area contributed by atoms with Gasteiger partial charge in [-0.15, -0.1) is 0 Å². The lowest BCUT2D eigenvalue weighted by atomic mass is 10.0. The largest absolute Gasteiger partial charge is 0.328 e. The molecule has 0 saturated heterocycles. The molecule has 4 heteroatoms. The Hall–Kier alpha value is -1.39. The summed E-state index contributed by atoms with van der Waals surface area (Å²) in [6.45, 7) is 5.36. The second-order valence-electron chi connectivity index (χ2n) is 5.68. The first-order valence-corrected chi connectivity index (χ1v) is 8.20. The van der Waals surface area contributed by atoms with Gasteiger partial charge >= 0.3 is 0 Å². The van der Waals surface area contributed by atoms with Gasteiger partial charge in [0.15, 0.2) is 0 Å². The number of para-hydroxylation sites is 2. The first-order valence-electron chi connectivity index (χ1n) is 8.20. The monoisotopic (exact) mass is 288 g/mol. The van der Waals surface area contributed by atoms with Gasteiger partial charge in [-0.25, -0.2) is 4.98 Å². The molecule has 0 spiro atoms. The van der Waals surface area contributed by atoms with Gasteiger partial charge in [0.25, 0.3) is 0 Å². The number of rotatable bonds is 9. The number of fused-ring (bicyclic) bond motifs is 1. The van der Waals surface area contributed by atoms with E-state index in [-0.39, 0.29) is 0 Å². The summed E-state index contributed by atoms with van der Waals surface area (Å²) in [6, 6.07) is 8.65. The minimum atomic E-state index is 0.309. The predicted octanol–water partition coefficient (Wildman–Crippen LogP) is 3.40. The summed E-state index contributed by atoms with van der Waals surface area (Å²) >= 11 is 0. The highest BCUT2D eigenvalue weighted by atomic mass is 15.2. The third-order valence-corrected chi connectivity index (χ3v) is 4.12. The molecule has 2 rings (SSSR count). The molecule has 0 aliphatic heterocycles.